The van der Waals surface area contributed by atoms with Crippen LogP contribution in [0.2, 0.25) is 0 Å². The molecule has 0 atom stereocenters. The molecule has 0 radical (unpaired) electrons. The van der Waals surface area contributed by atoms with Crippen molar-refractivity contribution in [3.63, 3.8) is 0 Å². The second kappa shape index (κ2) is 4.22. The fourth-order valence-electron chi connectivity index (χ4n) is 1.07. The van der Waals surface area contributed by atoms with Crippen molar-refractivity contribution in [1.29, 1.82) is 0 Å². The highest BCUT2D eigenvalue weighted by molar-refractivity contribution is 9.10. The molecule has 1 rings (SSSR count). The summed E-state index contributed by atoms with van der Waals surface area (Å²) in [7, 11) is 0. The number of alkyl halides is 2. The fourth-order valence-corrected chi connectivity index (χ4v) is 1.71. The van der Waals surface area contributed by atoms with E-state index in [0.717, 1.165) is 18.2 Å². The lowest BCUT2D eigenvalue weighted by atomic mass is 10.1. The summed E-state index contributed by atoms with van der Waals surface area (Å²) in [6.45, 7) is 0. The summed E-state index contributed by atoms with van der Waals surface area (Å²) in [6.07, 6.45) is -1.32. The summed E-state index contributed by atoms with van der Waals surface area (Å²) in [5.74, 6) is -5.80. The Morgan fingerprint density at radius 2 is 2.07 bits per heavy atom. The zero-order chi connectivity index (χ0) is 11.6. The van der Waals surface area contributed by atoms with Crippen molar-refractivity contribution in [1.82, 2.24) is 0 Å². The van der Waals surface area contributed by atoms with E-state index in [1.165, 1.54) is 0 Å². The third-order valence-electron chi connectivity index (χ3n) is 1.70. The second-order valence-electron chi connectivity index (χ2n) is 2.90. The Labute approximate surface area is 91.8 Å². The maximum absolute atomic E-state index is 13.3. The van der Waals surface area contributed by atoms with E-state index in [1.54, 1.807) is 0 Å². The van der Waals surface area contributed by atoms with Crippen molar-refractivity contribution in [3.8, 4) is 0 Å². The van der Waals surface area contributed by atoms with Crippen molar-refractivity contribution in [2.75, 3.05) is 0 Å². The van der Waals surface area contributed by atoms with Gasteiger partial charge in [0, 0.05) is 10.0 Å². The van der Waals surface area contributed by atoms with Crippen molar-refractivity contribution >= 4 is 21.9 Å². The molecule has 0 aromatic heterocycles. The van der Waals surface area contributed by atoms with Crippen LogP contribution in [0.4, 0.5) is 13.2 Å². The molecule has 1 N–H and O–H groups in total. The van der Waals surface area contributed by atoms with E-state index in [1.807, 2.05) is 0 Å². The number of hydrogen-bond acceptors (Lipinski definition) is 1. The van der Waals surface area contributed by atoms with E-state index in [0.29, 0.717) is 0 Å². The molecule has 2 nitrogen and oxygen atoms in total. The van der Waals surface area contributed by atoms with Gasteiger partial charge in [-0.1, -0.05) is 15.9 Å². The molecule has 6 heteroatoms. The number of carbonyl (C=O) groups is 1. The fraction of sp³-hybridized carbons (Fsp3) is 0.222. The Bertz CT molecular complexity index is 393. The van der Waals surface area contributed by atoms with Gasteiger partial charge in [0.1, 0.15) is 12.2 Å². The molecule has 0 saturated heterocycles. The Hall–Kier alpha value is -1.04. The third-order valence-corrected chi connectivity index (χ3v) is 2.35. The molecule has 0 aliphatic carbocycles. The van der Waals surface area contributed by atoms with E-state index in [9.17, 15) is 18.0 Å². The van der Waals surface area contributed by atoms with Crippen molar-refractivity contribution < 1.29 is 23.1 Å². The average Bonchev–Trinajstić information content (AvgIpc) is 1.99. The molecule has 1 aromatic carbocycles. The summed E-state index contributed by atoms with van der Waals surface area (Å²) < 4.78 is 39.0. The number of carboxylic acid groups (broad SMARTS) is 1. The number of aliphatic carboxylic acids is 1. The van der Waals surface area contributed by atoms with Crippen LogP contribution >= 0.6 is 15.9 Å². The standard InChI is InChI=1S/C9H6BrF3O2/c10-7-3-5(11)1-2-6(7)9(12,13)4-8(14)15/h1-3H,4H2,(H,14,15). The maximum atomic E-state index is 13.3. The van der Waals surface area contributed by atoms with Gasteiger partial charge < -0.3 is 5.11 Å². The zero-order valence-corrected chi connectivity index (χ0v) is 8.89. The molecule has 0 fully saturated rings. The minimum Gasteiger partial charge on any atom is -0.481 e. The SMILES string of the molecule is O=C(O)CC(F)(F)c1ccc(F)cc1Br. The molecule has 0 amide bonds. The van der Waals surface area contributed by atoms with Gasteiger partial charge in [-0.05, 0) is 18.2 Å². The summed E-state index contributed by atoms with van der Waals surface area (Å²) in [4.78, 5) is 10.2. The van der Waals surface area contributed by atoms with E-state index >= 15 is 0 Å². The highest BCUT2D eigenvalue weighted by Crippen LogP contribution is 2.36. The average molecular weight is 283 g/mol. The highest BCUT2D eigenvalue weighted by Gasteiger charge is 2.36. The number of halogens is 4. The first-order chi connectivity index (χ1) is 6.83. The van der Waals surface area contributed by atoms with Crippen LogP contribution in [0.15, 0.2) is 22.7 Å². The predicted octanol–water partition coefficient (Wildman–Crippen LogP) is 3.15. The highest BCUT2D eigenvalue weighted by atomic mass is 79.9. The molecule has 82 valence electrons. The molecule has 0 unspecified atom stereocenters. The van der Waals surface area contributed by atoms with Gasteiger partial charge in [-0.25, -0.2) is 13.2 Å². The molecule has 0 aliphatic heterocycles. The van der Waals surface area contributed by atoms with Crippen LogP contribution in [-0.4, -0.2) is 11.1 Å². The van der Waals surface area contributed by atoms with E-state index < -0.39 is 29.7 Å². The molecular weight excluding hydrogens is 277 g/mol. The first-order valence-corrected chi connectivity index (χ1v) is 4.67. The Kier molecular flexibility index (Phi) is 3.38. The zero-order valence-electron chi connectivity index (χ0n) is 7.31. The maximum Gasteiger partial charge on any atom is 0.309 e. The third kappa shape index (κ3) is 2.95. The molecule has 1 aromatic rings. The predicted molar refractivity (Wildman–Crippen MR) is 50.2 cm³/mol. The van der Waals surface area contributed by atoms with Gasteiger partial charge in [-0.15, -0.1) is 0 Å². The Morgan fingerprint density at radius 3 is 2.53 bits per heavy atom. The number of carboxylic acids is 1. The first kappa shape index (κ1) is 12.0. The Balaban J connectivity index is 3.09. The lowest BCUT2D eigenvalue weighted by Gasteiger charge is -2.15. The summed E-state index contributed by atoms with van der Waals surface area (Å²) >= 11 is 2.76. The summed E-state index contributed by atoms with van der Waals surface area (Å²) in [5, 5.41) is 8.29. The van der Waals surface area contributed by atoms with Crippen LogP contribution in [0.5, 0.6) is 0 Å². The largest absolute Gasteiger partial charge is 0.481 e. The molecule has 0 spiro atoms. The van der Waals surface area contributed by atoms with E-state index in [2.05, 4.69) is 15.9 Å². The lowest BCUT2D eigenvalue weighted by molar-refractivity contribution is -0.145. The molecular formula is C9H6BrF3O2. The minimum atomic E-state index is -3.52. The molecule has 0 heterocycles. The van der Waals surface area contributed by atoms with Gasteiger partial charge in [-0.2, -0.15) is 0 Å². The summed E-state index contributed by atoms with van der Waals surface area (Å²) in [5.41, 5.74) is -0.536. The lowest BCUT2D eigenvalue weighted by Crippen LogP contribution is -2.19. The molecule has 15 heavy (non-hydrogen) atoms. The molecule has 0 bridgehead atoms. The van der Waals surface area contributed by atoms with Crippen LogP contribution < -0.4 is 0 Å². The van der Waals surface area contributed by atoms with Gasteiger partial charge in [0.05, 0.1) is 0 Å². The van der Waals surface area contributed by atoms with Gasteiger partial charge in [0.15, 0.2) is 0 Å². The van der Waals surface area contributed by atoms with Gasteiger partial charge in [0.25, 0.3) is 5.92 Å². The van der Waals surface area contributed by atoms with Gasteiger partial charge in [-0.3, -0.25) is 4.79 Å². The van der Waals surface area contributed by atoms with Crippen molar-refractivity contribution in [3.05, 3.63) is 34.1 Å². The minimum absolute atomic E-state index is 0.145. The number of hydrogen-bond donors (Lipinski definition) is 1. The van der Waals surface area contributed by atoms with Crippen molar-refractivity contribution in [2.24, 2.45) is 0 Å². The first-order valence-electron chi connectivity index (χ1n) is 3.88. The smallest absolute Gasteiger partial charge is 0.309 e. The Morgan fingerprint density at radius 1 is 1.47 bits per heavy atom. The number of rotatable bonds is 3. The van der Waals surface area contributed by atoms with Crippen LogP contribution in [-0.2, 0) is 10.7 Å². The number of benzene rings is 1. The topological polar surface area (TPSA) is 37.3 Å². The van der Waals surface area contributed by atoms with Crippen LogP contribution in [0.3, 0.4) is 0 Å². The monoisotopic (exact) mass is 282 g/mol. The van der Waals surface area contributed by atoms with Crippen LogP contribution in [0.1, 0.15) is 12.0 Å². The van der Waals surface area contributed by atoms with Crippen molar-refractivity contribution in [2.45, 2.75) is 12.3 Å². The van der Waals surface area contributed by atoms with Gasteiger partial charge in [0.2, 0.25) is 0 Å². The second-order valence-corrected chi connectivity index (χ2v) is 3.75. The molecule has 0 aliphatic rings. The normalized spacial score (nSPS) is 11.5. The van der Waals surface area contributed by atoms with Crippen LogP contribution in [0.25, 0.3) is 0 Å². The van der Waals surface area contributed by atoms with Crippen LogP contribution in [0, 0.1) is 5.82 Å². The quantitative estimate of drug-likeness (QED) is 0.925. The van der Waals surface area contributed by atoms with E-state index in [-0.39, 0.29) is 4.47 Å². The van der Waals surface area contributed by atoms with Gasteiger partial charge >= 0.3 is 5.97 Å². The molecule has 0 saturated carbocycles. The summed E-state index contributed by atoms with van der Waals surface area (Å²) in [6, 6.07) is 2.59. The van der Waals surface area contributed by atoms with E-state index in [4.69, 9.17) is 5.11 Å².